The number of esters is 1. The van der Waals surface area contributed by atoms with E-state index in [1.807, 2.05) is 6.92 Å². The van der Waals surface area contributed by atoms with Crippen LogP contribution in [0, 0.1) is 11.8 Å². The van der Waals surface area contributed by atoms with Gasteiger partial charge in [0, 0.05) is 18.3 Å². The maximum atomic E-state index is 12.2. The second-order valence-corrected chi connectivity index (χ2v) is 9.26. The number of methoxy groups -OCH3 is 1. The van der Waals surface area contributed by atoms with E-state index in [0.29, 0.717) is 19.5 Å². The quantitative estimate of drug-likeness (QED) is 0.682. The lowest BCUT2D eigenvalue weighted by Crippen LogP contribution is -2.32. The highest BCUT2D eigenvalue weighted by Crippen LogP contribution is 2.27. The zero-order chi connectivity index (χ0) is 15.6. The van der Waals surface area contributed by atoms with Gasteiger partial charge in [0.15, 0.2) is 9.84 Å². The third-order valence-corrected chi connectivity index (χ3v) is 7.37. The minimum Gasteiger partial charge on any atom is -0.469 e. The Bertz CT molecular complexity index is 519. The molecule has 0 aromatic carbocycles. The van der Waals surface area contributed by atoms with E-state index < -0.39 is 9.84 Å². The minimum atomic E-state index is -2.90. The maximum Gasteiger partial charge on any atom is 0.310 e. The molecule has 2 fully saturated rings. The molecule has 3 atom stereocenters. The molecule has 2 heterocycles. The van der Waals surface area contributed by atoms with Gasteiger partial charge in [0.1, 0.15) is 0 Å². The van der Waals surface area contributed by atoms with E-state index in [1.165, 1.54) is 18.9 Å². The number of amides is 1. The Morgan fingerprint density at radius 2 is 2.05 bits per heavy atom. The molecule has 1 amide bonds. The normalized spacial score (nSPS) is 31.3. The van der Waals surface area contributed by atoms with Gasteiger partial charge in [0.25, 0.3) is 0 Å². The number of hydrogen-bond donors (Lipinski definition) is 0. The minimum absolute atomic E-state index is 0.0235. The summed E-state index contributed by atoms with van der Waals surface area (Å²) in [5.41, 5.74) is 0. The molecule has 0 saturated carbocycles. The molecule has 0 aromatic rings. The van der Waals surface area contributed by atoms with Crippen LogP contribution in [0.15, 0.2) is 0 Å². The number of ether oxygens (including phenoxy) is 1. The molecule has 8 heteroatoms. The first-order valence-electron chi connectivity index (χ1n) is 7.00. The lowest BCUT2D eigenvalue weighted by atomic mass is 9.99. The van der Waals surface area contributed by atoms with Crippen LogP contribution in [0.5, 0.6) is 0 Å². The van der Waals surface area contributed by atoms with E-state index in [0.717, 1.165) is 0 Å². The van der Waals surface area contributed by atoms with Gasteiger partial charge in [-0.15, -0.1) is 11.8 Å². The lowest BCUT2D eigenvalue weighted by molar-refractivity contribution is -0.146. The molecule has 0 N–H and O–H groups in total. The van der Waals surface area contributed by atoms with Gasteiger partial charge in [0.05, 0.1) is 30.3 Å². The highest BCUT2D eigenvalue weighted by atomic mass is 32.2. The molecule has 6 nitrogen and oxygen atoms in total. The van der Waals surface area contributed by atoms with Crippen molar-refractivity contribution in [2.45, 2.75) is 18.6 Å². The van der Waals surface area contributed by atoms with Crippen LogP contribution in [0.4, 0.5) is 0 Å². The largest absolute Gasteiger partial charge is 0.469 e. The summed E-state index contributed by atoms with van der Waals surface area (Å²) in [4.78, 5) is 25.5. The van der Waals surface area contributed by atoms with E-state index in [1.54, 1.807) is 4.90 Å². The fraction of sp³-hybridized carbons (Fsp3) is 0.846. The molecule has 0 bridgehead atoms. The van der Waals surface area contributed by atoms with E-state index in [2.05, 4.69) is 0 Å². The van der Waals surface area contributed by atoms with E-state index in [4.69, 9.17) is 4.74 Å². The molecule has 2 aliphatic rings. The number of rotatable bonds is 4. The zero-order valence-electron chi connectivity index (χ0n) is 12.3. The van der Waals surface area contributed by atoms with Gasteiger partial charge in [-0.1, -0.05) is 6.92 Å². The Morgan fingerprint density at radius 1 is 1.33 bits per heavy atom. The number of nitrogens with zero attached hydrogens (tertiary/aromatic N) is 1. The molecular weight excluding hydrogens is 314 g/mol. The van der Waals surface area contributed by atoms with Gasteiger partial charge in [-0.25, -0.2) is 8.42 Å². The predicted molar refractivity (Wildman–Crippen MR) is 80.8 cm³/mol. The first-order chi connectivity index (χ1) is 9.82. The fourth-order valence-electron chi connectivity index (χ4n) is 2.80. The van der Waals surface area contributed by atoms with Gasteiger partial charge in [-0.3, -0.25) is 9.59 Å². The highest BCUT2D eigenvalue weighted by molar-refractivity contribution is 8.02. The molecule has 0 spiro atoms. The number of carbonyl (C=O) groups excluding carboxylic acids is 2. The van der Waals surface area contributed by atoms with Crippen LogP contribution >= 0.6 is 11.8 Å². The van der Waals surface area contributed by atoms with Crippen LogP contribution in [0.1, 0.15) is 13.3 Å². The van der Waals surface area contributed by atoms with Crippen molar-refractivity contribution in [3.63, 3.8) is 0 Å². The Kier molecular flexibility index (Phi) is 5.19. The van der Waals surface area contributed by atoms with Crippen LogP contribution in [-0.4, -0.2) is 67.9 Å². The van der Waals surface area contributed by atoms with Crippen LogP contribution in [0.3, 0.4) is 0 Å². The van der Waals surface area contributed by atoms with Crippen molar-refractivity contribution in [2.24, 2.45) is 11.8 Å². The van der Waals surface area contributed by atoms with Crippen molar-refractivity contribution in [1.82, 2.24) is 4.90 Å². The van der Waals surface area contributed by atoms with Crippen molar-refractivity contribution in [2.75, 3.05) is 37.5 Å². The standard InChI is InChI=1S/C13H21NO5S2/c1-9-5-14(6-11(9)13(16)19-2)12(15)7-20-10-3-4-21(17,18)8-10/h9-11H,3-8H2,1-2H3. The van der Waals surface area contributed by atoms with Gasteiger partial charge in [-0.2, -0.15) is 0 Å². The van der Waals surface area contributed by atoms with Crippen molar-refractivity contribution in [3.8, 4) is 0 Å². The van der Waals surface area contributed by atoms with Crippen molar-refractivity contribution in [1.29, 1.82) is 0 Å². The molecule has 2 aliphatic heterocycles. The second-order valence-electron chi connectivity index (χ2n) is 5.74. The summed E-state index contributed by atoms with van der Waals surface area (Å²) in [7, 11) is -1.54. The summed E-state index contributed by atoms with van der Waals surface area (Å²) in [6.07, 6.45) is 0.626. The molecule has 0 aliphatic carbocycles. The van der Waals surface area contributed by atoms with E-state index >= 15 is 0 Å². The molecule has 21 heavy (non-hydrogen) atoms. The highest BCUT2D eigenvalue weighted by Gasteiger charge is 2.38. The Balaban J connectivity index is 1.81. The van der Waals surface area contributed by atoms with Gasteiger partial charge >= 0.3 is 5.97 Å². The average molecular weight is 335 g/mol. The van der Waals surface area contributed by atoms with E-state index in [-0.39, 0.29) is 46.2 Å². The molecule has 120 valence electrons. The van der Waals surface area contributed by atoms with Crippen LogP contribution < -0.4 is 0 Å². The van der Waals surface area contributed by atoms with Gasteiger partial charge in [0.2, 0.25) is 5.91 Å². The summed E-state index contributed by atoms with van der Waals surface area (Å²) in [6.45, 7) is 2.89. The first-order valence-corrected chi connectivity index (χ1v) is 9.87. The molecule has 2 rings (SSSR count). The topological polar surface area (TPSA) is 80.8 Å². The van der Waals surface area contributed by atoms with E-state index in [9.17, 15) is 18.0 Å². The summed E-state index contributed by atoms with van der Waals surface area (Å²) in [5, 5.41) is 0.0235. The molecule has 2 saturated heterocycles. The van der Waals surface area contributed by atoms with Crippen molar-refractivity contribution in [3.05, 3.63) is 0 Å². The van der Waals surface area contributed by atoms with Crippen molar-refractivity contribution < 1.29 is 22.7 Å². The Labute approximate surface area is 129 Å². The molecular formula is C13H21NO5S2. The number of hydrogen-bond acceptors (Lipinski definition) is 6. The first kappa shape index (κ1) is 16.6. The van der Waals surface area contributed by atoms with Gasteiger partial charge < -0.3 is 9.64 Å². The average Bonchev–Trinajstić information content (AvgIpc) is 2.98. The Hall–Kier alpha value is -0.760. The van der Waals surface area contributed by atoms with Gasteiger partial charge in [-0.05, 0) is 12.3 Å². The fourth-order valence-corrected chi connectivity index (χ4v) is 6.35. The summed E-state index contributed by atoms with van der Waals surface area (Å²) < 4.78 is 27.5. The second kappa shape index (κ2) is 6.56. The van der Waals surface area contributed by atoms with Crippen molar-refractivity contribution >= 4 is 33.5 Å². The zero-order valence-corrected chi connectivity index (χ0v) is 13.9. The lowest BCUT2D eigenvalue weighted by Gasteiger charge is -2.17. The van der Waals surface area contributed by atoms with Crippen LogP contribution in [-0.2, 0) is 24.2 Å². The van der Waals surface area contributed by atoms with Crippen LogP contribution in [0.2, 0.25) is 0 Å². The number of carbonyl (C=O) groups is 2. The number of thioether (sulfide) groups is 1. The SMILES string of the molecule is COC(=O)C1CN(C(=O)CSC2CCS(=O)(=O)C2)CC1C. The smallest absolute Gasteiger partial charge is 0.310 e. The number of likely N-dealkylation sites (tertiary alicyclic amines) is 1. The molecule has 0 aromatic heterocycles. The monoisotopic (exact) mass is 335 g/mol. The molecule has 0 radical (unpaired) electrons. The Morgan fingerprint density at radius 3 is 2.62 bits per heavy atom. The predicted octanol–water partition coefficient (Wildman–Crippen LogP) is 0.174. The summed E-state index contributed by atoms with van der Waals surface area (Å²) >= 11 is 1.41. The number of sulfone groups is 1. The third kappa shape index (κ3) is 4.12. The maximum absolute atomic E-state index is 12.2. The van der Waals surface area contributed by atoms with Crippen LogP contribution in [0.25, 0.3) is 0 Å². The summed E-state index contributed by atoms with van der Waals surface area (Å²) in [5.74, 6) is 0.223. The third-order valence-electron chi connectivity index (χ3n) is 4.10. The summed E-state index contributed by atoms with van der Waals surface area (Å²) in [6, 6.07) is 0. The molecule has 3 unspecified atom stereocenters.